The van der Waals surface area contributed by atoms with Crippen molar-refractivity contribution in [2.75, 3.05) is 17.6 Å². The summed E-state index contributed by atoms with van der Waals surface area (Å²) < 4.78 is 12.7. The molecule has 0 spiro atoms. The van der Waals surface area contributed by atoms with Crippen molar-refractivity contribution in [1.82, 2.24) is 10.3 Å². The number of aliphatic hydroxyl groups excluding tert-OH is 1. The van der Waals surface area contributed by atoms with Gasteiger partial charge in [0, 0.05) is 36.2 Å². The van der Waals surface area contributed by atoms with Crippen LogP contribution in [0.4, 0.5) is 10.5 Å². The van der Waals surface area contributed by atoms with Crippen molar-refractivity contribution in [3.63, 3.8) is 0 Å². The van der Waals surface area contributed by atoms with Gasteiger partial charge < -0.3 is 25.2 Å². The van der Waals surface area contributed by atoms with Crippen molar-refractivity contribution < 1.29 is 19.4 Å². The molecule has 3 atom stereocenters. The van der Waals surface area contributed by atoms with Crippen LogP contribution >= 0.6 is 11.8 Å². The van der Waals surface area contributed by atoms with Crippen molar-refractivity contribution in [1.29, 1.82) is 0 Å². The number of hydrogen-bond donors (Lipinski definition) is 3. The zero-order valence-electron chi connectivity index (χ0n) is 19.0. The molecular formula is C26H29N3O4S. The number of hydrogen-bond acceptors (Lipinski definition) is 6. The number of amides is 2. The maximum atomic E-state index is 12.0. The number of carbonyl (C=O) groups is 1. The third-order valence-electron chi connectivity index (χ3n) is 5.42. The molecule has 0 unspecified atom stereocenters. The second kappa shape index (κ2) is 12.0. The first-order valence-corrected chi connectivity index (χ1v) is 12.3. The minimum absolute atomic E-state index is 0.00623. The SMILES string of the molecule is CCNC(=O)Nc1cccc([C@H]2O[C@@H](CSc3ccccn3)C[C@@H](c3ccc(CO)cc3)O2)c1. The van der Waals surface area contributed by atoms with Crippen LogP contribution in [0.2, 0.25) is 0 Å². The molecule has 4 rings (SSSR count). The molecule has 1 saturated heterocycles. The lowest BCUT2D eigenvalue weighted by Crippen LogP contribution is -2.31. The highest BCUT2D eigenvalue weighted by Crippen LogP contribution is 2.39. The van der Waals surface area contributed by atoms with Gasteiger partial charge in [0.1, 0.15) is 0 Å². The van der Waals surface area contributed by atoms with Gasteiger partial charge in [-0.1, -0.05) is 42.5 Å². The smallest absolute Gasteiger partial charge is 0.319 e. The molecule has 3 aromatic rings. The zero-order valence-corrected chi connectivity index (χ0v) is 19.8. The van der Waals surface area contributed by atoms with Gasteiger partial charge in [-0.2, -0.15) is 0 Å². The van der Waals surface area contributed by atoms with Gasteiger partial charge in [0.15, 0.2) is 6.29 Å². The van der Waals surface area contributed by atoms with Gasteiger partial charge in [0.25, 0.3) is 0 Å². The van der Waals surface area contributed by atoms with E-state index < -0.39 is 6.29 Å². The fourth-order valence-corrected chi connectivity index (χ4v) is 4.61. The van der Waals surface area contributed by atoms with E-state index in [-0.39, 0.29) is 24.8 Å². The fraction of sp³-hybridized carbons (Fsp3) is 0.308. The molecule has 34 heavy (non-hydrogen) atoms. The van der Waals surface area contributed by atoms with Crippen LogP contribution < -0.4 is 10.6 Å². The number of benzene rings is 2. The minimum atomic E-state index is -0.582. The highest BCUT2D eigenvalue weighted by Gasteiger charge is 2.32. The molecule has 178 valence electrons. The Balaban J connectivity index is 1.53. The summed E-state index contributed by atoms with van der Waals surface area (Å²) in [6.45, 7) is 2.43. The predicted octanol–water partition coefficient (Wildman–Crippen LogP) is 5.05. The van der Waals surface area contributed by atoms with Crippen LogP contribution in [0.15, 0.2) is 78.0 Å². The molecule has 2 aromatic carbocycles. The van der Waals surface area contributed by atoms with Crippen LogP contribution in [0.5, 0.6) is 0 Å². The maximum Gasteiger partial charge on any atom is 0.319 e. The number of aliphatic hydroxyl groups is 1. The molecule has 1 fully saturated rings. The van der Waals surface area contributed by atoms with Crippen molar-refractivity contribution in [3.8, 4) is 0 Å². The second-order valence-electron chi connectivity index (χ2n) is 7.94. The lowest BCUT2D eigenvalue weighted by Gasteiger charge is -2.36. The van der Waals surface area contributed by atoms with E-state index in [4.69, 9.17) is 9.47 Å². The van der Waals surface area contributed by atoms with Gasteiger partial charge in [-0.15, -0.1) is 11.8 Å². The Kier molecular flexibility index (Phi) is 8.54. The van der Waals surface area contributed by atoms with Crippen molar-refractivity contribution in [3.05, 3.63) is 89.6 Å². The Morgan fingerprint density at radius 2 is 1.94 bits per heavy atom. The summed E-state index contributed by atoms with van der Waals surface area (Å²) in [6.07, 6.45) is 1.68. The fourth-order valence-electron chi connectivity index (χ4n) is 3.73. The summed E-state index contributed by atoms with van der Waals surface area (Å²) in [5, 5.41) is 15.9. The Morgan fingerprint density at radius 1 is 1.09 bits per heavy atom. The first kappa shape index (κ1) is 24.2. The third kappa shape index (κ3) is 6.57. The molecule has 8 heteroatoms. The van der Waals surface area contributed by atoms with Crippen molar-refractivity contribution >= 4 is 23.5 Å². The summed E-state index contributed by atoms with van der Waals surface area (Å²) in [5.41, 5.74) is 3.40. The lowest BCUT2D eigenvalue weighted by atomic mass is 10.0. The third-order valence-corrected chi connectivity index (χ3v) is 6.50. The number of rotatable bonds is 8. The molecule has 1 aliphatic heterocycles. The first-order chi connectivity index (χ1) is 16.6. The van der Waals surface area contributed by atoms with Gasteiger partial charge in [-0.05, 0) is 42.3 Å². The van der Waals surface area contributed by atoms with E-state index >= 15 is 0 Å². The predicted molar refractivity (Wildman–Crippen MR) is 133 cm³/mol. The van der Waals surface area contributed by atoms with Gasteiger partial charge in [-0.25, -0.2) is 9.78 Å². The molecule has 0 radical (unpaired) electrons. The number of aromatic nitrogens is 1. The topological polar surface area (TPSA) is 92.7 Å². The minimum Gasteiger partial charge on any atom is -0.392 e. The average molecular weight is 480 g/mol. The van der Waals surface area contributed by atoms with E-state index in [9.17, 15) is 9.90 Å². The van der Waals surface area contributed by atoms with Gasteiger partial charge in [-0.3, -0.25) is 0 Å². The van der Waals surface area contributed by atoms with Crippen LogP contribution in [0.1, 0.15) is 42.4 Å². The Labute approximate surface area is 203 Å². The summed E-state index contributed by atoms with van der Waals surface area (Å²) in [5.74, 6) is 0.735. The van der Waals surface area contributed by atoms with Gasteiger partial charge >= 0.3 is 6.03 Å². The molecule has 1 aromatic heterocycles. The van der Waals surface area contributed by atoms with E-state index in [0.717, 1.165) is 27.5 Å². The van der Waals surface area contributed by atoms with Crippen molar-refractivity contribution in [2.24, 2.45) is 0 Å². The van der Waals surface area contributed by atoms with E-state index in [2.05, 4.69) is 15.6 Å². The molecule has 0 bridgehead atoms. The van der Waals surface area contributed by atoms with Crippen LogP contribution in [0.25, 0.3) is 0 Å². The second-order valence-corrected chi connectivity index (χ2v) is 8.98. The monoisotopic (exact) mass is 479 g/mol. The van der Waals surface area contributed by atoms with E-state index in [1.807, 2.05) is 73.7 Å². The number of ether oxygens (including phenoxy) is 2. The first-order valence-electron chi connectivity index (χ1n) is 11.3. The number of nitrogens with zero attached hydrogens (tertiary/aromatic N) is 1. The highest BCUT2D eigenvalue weighted by molar-refractivity contribution is 7.99. The molecule has 2 amide bonds. The Morgan fingerprint density at radius 3 is 2.68 bits per heavy atom. The summed E-state index contributed by atoms with van der Waals surface area (Å²) in [7, 11) is 0. The van der Waals surface area contributed by atoms with E-state index in [1.165, 1.54) is 0 Å². The zero-order chi connectivity index (χ0) is 23.8. The molecule has 1 aliphatic rings. The standard InChI is InChI=1S/C26H29N3O4S/c1-2-27-26(31)29-21-7-5-6-20(14-21)25-32-22(17-34-24-8-3-4-13-28-24)15-23(33-25)19-11-9-18(16-30)10-12-19/h3-14,22-23,25,30H,2,15-17H2,1H3,(H2,27,29,31)/t22-,23+,25+/m1/s1. The lowest BCUT2D eigenvalue weighted by molar-refractivity contribution is -0.245. The van der Waals surface area contributed by atoms with E-state index in [0.29, 0.717) is 18.7 Å². The van der Waals surface area contributed by atoms with Gasteiger partial charge in [0.05, 0.1) is 23.8 Å². The highest BCUT2D eigenvalue weighted by atomic mass is 32.2. The summed E-state index contributed by atoms with van der Waals surface area (Å²) in [6, 6.07) is 21.0. The average Bonchev–Trinajstić information content (AvgIpc) is 2.88. The van der Waals surface area contributed by atoms with Crippen LogP contribution in [0, 0.1) is 0 Å². The molecule has 7 nitrogen and oxygen atoms in total. The number of nitrogens with one attached hydrogen (secondary N) is 2. The molecule has 0 aliphatic carbocycles. The number of thioether (sulfide) groups is 1. The van der Waals surface area contributed by atoms with Gasteiger partial charge in [0.2, 0.25) is 0 Å². The van der Waals surface area contributed by atoms with Crippen LogP contribution in [-0.4, -0.2) is 34.5 Å². The van der Waals surface area contributed by atoms with Crippen molar-refractivity contribution in [2.45, 2.75) is 43.5 Å². The number of urea groups is 1. The molecular weight excluding hydrogens is 450 g/mol. The molecule has 2 heterocycles. The normalized spacial score (nSPS) is 20.0. The molecule has 0 saturated carbocycles. The number of anilines is 1. The van der Waals surface area contributed by atoms with E-state index in [1.54, 1.807) is 18.0 Å². The van der Waals surface area contributed by atoms with Crippen LogP contribution in [0.3, 0.4) is 0 Å². The largest absolute Gasteiger partial charge is 0.392 e. The number of pyridine rings is 1. The summed E-state index contributed by atoms with van der Waals surface area (Å²) >= 11 is 1.65. The summed E-state index contributed by atoms with van der Waals surface area (Å²) in [4.78, 5) is 16.3. The Hall–Kier alpha value is -2.91. The van der Waals surface area contributed by atoms with Crippen LogP contribution in [-0.2, 0) is 16.1 Å². The number of carbonyl (C=O) groups excluding carboxylic acids is 1. The maximum absolute atomic E-state index is 12.0. The Bertz CT molecular complexity index is 1070. The quantitative estimate of drug-likeness (QED) is 0.392. The molecule has 3 N–H and O–H groups in total.